The Morgan fingerprint density at radius 1 is 0.878 bits per heavy atom. The average molecular weight is 1050 g/mol. The minimum Gasteiger partial charge on any atom is -0.379 e. The van der Waals surface area contributed by atoms with Crippen LogP contribution in [0.3, 0.4) is 0 Å². The van der Waals surface area contributed by atoms with E-state index in [1.807, 2.05) is 49.3 Å². The van der Waals surface area contributed by atoms with Gasteiger partial charge in [-0.05, 0) is 63.4 Å². The van der Waals surface area contributed by atoms with E-state index in [4.69, 9.17) is 23.7 Å². The number of imide groups is 1. The summed E-state index contributed by atoms with van der Waals surface area (Å²) in [5, 5.41) is 23.7. The summed E-state index contributed by atoms with van der Waals surface area (Å²) < 4.78 is 28.8. The number of aliphatic hydroxyl groups excluding tert-OH is 1. The average Bonchev–Trinajstić information content (AvgIpc) is 4.17. The lowest BCUT2D eigenvalue weighted by Crippen LogP contribution is -2.62. The van der Waals surface area contributed by atoms with Crippen LogP contribution in [-0.2, 0) is 58.9 Å². The minimum absolute atomic E-state index is 0.00984. The molecule has 1 saturated carbocycles. The van der Waals surface area contributed by atoms with Gasteiger partial charge in [-0.15, -0.1) is 11.3 Å². The Bertz CT molecular complexity index is 2090. The van der Waals surface area contributed by atoms with Crippen molar-refractivity contribution in [2.75, 3.05) is 74.0 Å². The first kappa shape index (κ1) is 60.2. The number of carbonyl (C=O) groups is 6. The van der Waals surface area contributed by atoms with Crippen LogP contribution in [0.5, 0.6) is 0 Å². The number of likely N-dealkylation sites (N-methyl/N-ethyl adjacent to an activating group) is 1. The van der Waals surface area contributed by atoms with Gasteiger partial charge in [-0.2, -0.15) is 0 Å². The van der Waals surface area contributed by atoms with Gasteiger partial charge in [0.15, 0.2) is 0 Å². The van der Waals surface area contributed by atoms with Crippen molar-refractivity contribution < 1.29 is 57.6 Å². The van der Waals surface area contributed by atoms with Crippen molar-refractivity contribution in [2.45, 2.75) is 147 Å². The fourth-order valence-corrected chi connectivity index (χ4v) is 11.0. The minimum atomic E-state index is -1.37. The number of aromatic nitrogens is 1. The third-order valence-corrected chi connectivity index (χ3v) is 15.4. The van der Waals surface area contributed by atoms with Crippen LogP contribution in [0.1, 0.15) is 109 Å². The highest BCUT2D eigenvalue weighted by molar-refractivity contribution is 7.09. The number of nitrogens with one attached hydrogen (secondary N) is 3. The van der Waals surface area contributed by atoms with Crippen LogP contribution in [0.4, 0.5) is 0 Å². The third kappa shape index (κ3) is 17.4. The lowest BCUT2D eigenvalue weighted by molar-refractivity contribution is -0.148. The van der Waals surface area contributed by atoms with Gasteiger partial charge in [0.05, 0.1) is 82.9 Å². The van der Waals surface area contributed by atoms with Gasteiger partial charge in [0, 0.05) is 63.9 Å². The first-order valence-corrected chi connectivity index (χ1v) is 27.2. The highest BCUT2D eigenvalue weighted by Gasteiger charge is 2.44. The number of thiazole rings is 1. The Kier molecular flexibility index (Phi) is 24.5. The second-order valence-corrected chi connectivity index (χ2v) is 21.4. The van der Waals surface area contributed by atoms with Crippen LogP contribution in [-0.4, -0.2) is 176 Å². The molecule has 2 fully saturated rings. The number of hydrogen-bond donors (Lipinski definition) is 4. The molecule has 6 amide bonds. The highest BCUT2D eigenvalue weighted by Crippen LogP contribution is 2.35. The zero-order valence-electron chi connectivity index (χ0n) is 44.8. The maximum atomic E-state index is 14.7. The Morgan fingerprint density at radius 2 is 1.53 bits per heavy atom. The van der Waals surface area contributed by atoms with Crippen LogP contribution < -0.4 is 16.0 Å². The molecule has 1 aromatic carbocycles. The Morgan fingerprint density at radius 3 is 2.14 bits per heavy atom. The number of carbonyl (C=O) groups excluding carboxylic acids is 6. The molecule has 3 heterocycles. The van der Waals surface area contributed by atoms with E-state index < -0.39 is 53.8 Å². The number of methoxy groups -OCH3 is 2. The van der Waals surface area contributed by atoms with Crippen molar-refractivity contribution >= 4 is 46.8 Å². The van der Waals surface area contributed by atoms with E-state index >= 15 is 0 Å². The molecule has 1 aromatic heterocycles. The van der Waals surface area contributed by atoms with E-state index in [1.54, 1.807) is 46.2 Å². The normalized spacial score (nSPS) is 19.3. The van der Waals surface area contributed by atoms with Gasteiger partial charge >= 0.3 is 0 Å². The van der Waals surface area contributed by atoms with E-state index in [1.165, 1.54) is 23.5 Å². The van der Waals surface area contributed by atoms with Gasteiger partial charge in [-0.25, -0.2) is 4.98 Å². The molecule has 3 aliphatic rings. The Balaban J connectivity index is 1.14. The van der Waals surface area contributed by atoms with Gasteiger partial charge in [-0.1, -0.05) is 70.4 Å². The molecule has 8 unspecified atom stereocenters. The topological polar surface area (TPSA) is 227 Å². The van der Waals surface area contributed by atoms with Gasteiger partial charge in [0.2, 0.25) is 23.6 Å². The molecule has 1 saturated heterocycles. The van der Waals surface area contributed by atoms with Gasteiger partial charge in [-0.3, -0.25) is 39.0 Å². The summed E-state index contributed by atoms with van der Waals surface area (Å²) in [7, 11) is 4.95. The fraction of sp³-hybridized carbons (Fsp3) is 0.685. The number of amides is 6. The molecule has 74 heavy (non-hydrogen) atoms. The zero-order valence-corrected chi connectivity index (χ0v) is 45.6. The van der Waals surface area contributed by atoms with Crippen LogP contribution in [0, 0.1) is 17.8 Å². The first-order valence-electron chi connectivity index (χ1n) is 26.3. The third-order valence-electron chi connectivity index (χ3n) is 14.5. The summed E-state index contributed by atoms with van der Waals surface area (Å²) in [5.41, 5.74) is -0.259. The molecule has 5 rings (SSSR count). The molecule has 2 aromatic rings. The van der Waals surface area contributed by atoms with Crippen molar-refractivity contribution in [2.24, 2.45) is 17.8 Å². The van der Waals surface area contributed by atoms with Gasteiger partial charge in [0.1, 0.15) is 22.8 Å². The zero-order chi connectivity index (χ0) is 53.8. The molecule has 20 heteroatoms. The SMILES string of the molecule is COC(CC(=O)N1CCCC1C(OC)C(C)C(O)NC(Cc1ccccc1)c1nccs1)C(C1CCCCC1)N(C)C(=O)C(NC(=O)C(C)(C)NC(=O)CCOCCOCCOCCN1C(=O)C=CC1=O)C(C)C. The number of ether oxygens (including phenoxy) is 5. The van der Waals surface area contributed by atoms with Crippen molar-refractivity contribution in [1.82, 2.24) is 35.6 Å². The summed E-state index contributed by atoms with van der Waals surface area (Å²) in [6, 6.07) is 8.13. The molecule has 19 nitrogen and oxygen atoms in total. The molecule has 2 aliphatic heterocycles. The lowest BCUT2D eigenvalue weighted by atomic mass is 9.80. The number of aliphatic hydroxyl groups is 1. The second-order valence-electron chi connectivity index (χ2n) is 20.5. The molecule has 0 bridgehead atoms. The number of likely N-dealkylation sites (tertiary alicyclic amines) is 1. The quantitative estimate of drug-likeness (QED) is 0.0458. The maximum Gasteiger partial charge on any atom is 0.253 e. The smallest absolute Gasteiger partial charge is 0.253 e. The molecular formula is C54H83N7O12S. The maximum absolute atomic E-state index is 14.7. The lowest BCUT2D eigenvalue weighted by Gasteiger charge is -2.43. The van der Waals surface area contributed by atoms with E-state index in [0.29, 0.717) is 19.4 Å². The predicted molar refractivity (Wildman–Crippen MR) is 279 cm³/mol. The molecular weight excluding hydrogens is 971 g/mol. The summed E-state index contributed by atoms with van der Waals surface area (Å²) in [4.78, 5) is 88.7. The molecule has 4 N–H and O–H groups in total. The summed E-state index contributed by atoms with van der Waals surface area (Å²) in [6.07, 6.45) is 9.01. The van der Waals surface area contributed by atoms with Crippen molar-refractivity contribution in [3.8, 4) is 0 Å². The molecule has 0 spiro atoms. The predicted octanol–water partition coefficient (Wildman–Crippen LogP) is 4.19. The van der Waals surface area contributed by atoms with E-state index in [0.717, 1.165) is 54.0 Å². The van der Waals surface area contributed by atoms with Crippen LogP contribution >= 0.6 is 11.3 Å². The number of rotatable bonds is 32. The highest BCUT2D eigenvalue weighted by atomic mass is 32.1. The molecule has 1 aliphatic carbocycles. The number of benzene rings is 1. The largest absolute Gasteiger partial charge is 0.379 e. The van der Waals surface area contributed by atoms with E-state index in [9.17, 15) is 33.9 Å². The van der Waals surface area contributed by atoms with Gasteiger partial charge < -0.3 is 49.2 Å². The van der Waals surface area contributed by atoms with Crippen molar-refractivity contribution in [3.63, 3.8) is 0 Å². The van der Waals surface area contributed by atoms with Gasteiger partial charge in [0.25, 0.3) is 11.8 Å². The standard InChI is InChI=1S/C54H83N7O12S/c1-36(2)47(57-53(68)54(4,5)58-43(62)23-27-71-29-31-73-32-30-72-28-26-61-44(63)21-22-45(61)64)52(67)59(6)48(39-18-13-10-14-19-39)42(69-7)35-46(65)60-25-15-20-41(60)49(70-8)37(3)50(66)56-40(51-55-24-33-74-51)34-38-16-11-9-12-17-38/h9,11-12,16-17,21-22,24,33,36-37,39-42,47-50,56,66H,10,13-15,18-20,23,25-32,34-35H2,1-8H3,(H,57,68)(H,58,62). The number of hydrogen-bond acceptors (Lipinski definition) is 15. The monoisotopic (exact) mass is 1050 g/mol. The summed E-state index contributed by atoms with van der Waals surface area (Å²) in [6.45, 7) is 10.9. The molecule has 0 radical (unpaired) electrons. The summed E-state index contributed by atoms with van der Waals surface area (Å²) in [5.74, 6) is -2.74. The Labute approximate surface area is 441 Å². The molecule has 412 valence electrons. The van der Waals surface area contributed by atoms with E-state index in [2.05, 4.69) is 33.1 Å². The van der Waals surface area contributed by atoms with E-state index in [-0.39, 0.29) is 107 Å². The molecule has 8 atom stereocenters. The second kappa shape index (κ2) is 30.2. The van der Waals surface area contributed by atoms with Crippen molar-refractivity contribution in [3.05, 3.63) is 64.6 Å². The fourth-order valence-electron chi connectivity index (χ4n) is 10.3. The van der Waals surface area contributed by atoms with Crippen LogP contribution in [0.25, 0.3) is 0 Å². The Hall–Kier alpha value is -4.67. The van der Waals surface area contributed by atoms with Crippen LogP contribution in [0.15, 0.2) is 54.1 Å². The summed E-state index contributed by atoms with van der Waals surface area (Å²) >= 11 is 1.53. The number of nitrogens with zero attached hydrogens (tertiary/aromatic N) is 4. The van der Waals surface area contributed by atoms with Crippen molar-refractivity contribution in [1.29, 1.82) is 0 Å². The van der Waals surface area contributed by atoms with Crippen LogP contribution in [0.2, 0.25) is 0 Å². The first-order chi connectivity index (χ1) is 35.5.